The van der Waals surface area contributed by atoms with E-state index < -0.39 is 40.2 Å². The highest BCUT2D eigenvalue weighted by atomic mass is 35.5. The van der Waals surface area contributed by atoms with Gasteiger partial charge in [-0.15, -0.1) is 0 Å². The minimum Gasteiger partial charge on any atom is -0.352 e. The van der Waals surface area contributed by atoms with Gasteiger partial charge in [0.25, 0.3) is 0 Å². The standard InChI is InChI=1S/C28H29Cl3FN3O4S/c1-18(2)33-28(37)26(14-19-8-5-4-6-9-19)34(16-21-22(29)10-7-11-23(21)30)27(36)17-35(40(3,38)39)20-12-13-25(32)24(31)15-20/h4-13,15,18,26H,14,16-17H2,1-3H3,(H,33,37)/t26-/m0/s1. The van der Waals surface area contributed by atoms with Crippen LogP contribution in [-0.4, -0.2) is 50.0 Å². The van der Waals surface area contributed by atoms with Crippen molar-refractivity contribution >= 4 is 62.3 Å². The monoisotopic (exact) mass is 627 g/mol. The summed E-state index contributed by atoms with van der Waals surface area (Å²) in [5.41, 5.74) is 1.16. The van der Waals surface area contributed by atoms with Crippen molar-refractivity contribution in [2.75, 3.05) is 17.1 Å². The molecular weight excluding hydrogens is 600 g/mol. The Morgan fingerprint density at radius 1 is 0.925 bits per heavy atom. The molecule has 2 amide bonds. The molecule has 0 saturated heterocycles. The molecule has 0 aliphatic carbocycles. The van der Waals surface area contributed by atoms with E-state index in [-0.39, 0.29) is 39.8 Å². The molecule has 0 aliphatic heterocycles. The lowest BCUT2D eigenvalue weighted by Crippen LogP contribution is -2.54. The van der Waals surface area contributed by atoms with E-state index in [4.69, 9.17) is 34.8 Å². The first kappa shape index (κ1) is 31.7. The molecule has 214 valence electrons. The smallest absolute Gasteiger partial charge is 0.244 e. The lowest BCUT2D eigenvalue weighted by atomic mass is 10.0. The Morgan fingerprint density at radius 2 is 1.55 bits per heavy atom. The number of rotatable bonds is 11. The van der Waals surface area contributed by atoms with Crippen LogP contribution in [-0.2, 0) is 32.6 Å². The Kier molecular flexibility index (Phi) is 10.8. The number of benzene rings is 3. The van der Waals surface area contributed by atoms with Gasteiger partial charge in [0.2, 0.25) is 21.8 Å². The minimum absolute atomic E-state index is 0.00998. The van der Waals surface area contributed by atoms with Crippen molar-refractivity contribution in [3.63, 3.8) is 0 Å². The molecule has 1 N–H and O–H groups in total. The zero-order valence-electron chi connectivity index (χ0n) is 22.1. The Labute approximate surface area is 248 Å². The number of hydrogen-bond acceptors (Lipinski definition) is 4. The number of nitrogens with zero attached hydrogens (tertiary/aromatic N) is 2. The van der Waals surface area contributed by atoms with Crippen molar-refractivity contribution in [1.29, 1.82) is 0 Å². The fourth-order valence-electron chi connectivity index (χ4n) is 4.04. The van der Waals surface area contributed by atoms with Gasteiger partial charge in [0.15, 0.2) is 0 Å². The van der Waals surface area contributed by atoms with Gasteiger partial charge < -0.3 is 10.2 Å². The van der Waals surface area contributed by atoms with E-state index in [0.717, 1.165) is 28.3 Å². The van der Waals surface area contributed by atoms with Crippen LogP contribution in [0, 0.1) is 5.82 Å². The highest BCUT2D eigenvalue weighted by Crippen LogP contribution is 2.29. The van der Waals surface area contributed by atoms with E-state index in [1.807, 2.05) is 30.3 Å². The zero-order valence-corrected chi connectivity index (χ0v) is 25.2. The number of carbonyl (C=O) groups excluding carboxylic acids is 2. The first-order valence-electron chi connectivity index (χ1n) is 12.3. The van der Waals surface area contributed by atoms with Crippen molar-refractivity contribution in [3.8, 4) is 0 Å². The van der Waals surface area contributed by atoms with E-state index in [2.05, 4.69) is 5.32 Å². The van der Waals surface area contributed by atoms with Gasteiger partial charge in [-0.25, -0.2) is 12.8 Å². The Bertz CT molecular complexity index is 1450. The molecule has 0 spiro atoms. The molecule has 7 nitrogen and oxygen atoms in total. The second-order valence-electron chi connectivity index (χ2n) is 9.46. The molecule has 3 aromatic carbocycles. The van der Waals surface area contributed by atoms with E-state index in [0.29, 0.717) is 5.56 Å². The first-order chi connectivity index (χ1) is 18.8. The summed E-state index contributed by atoms with van der Waals surface area (Å²) in [7, 11) is -4.04. The number of halogens is 4. The number of carbonyl (C=O) groups is 2. The summed E-state index contributed by atoms with van der Waals surface area (Å²) in [5, 5.41) is 3.10. The fourth-order valence-corrected chi connectivity index (χ4v) is 5.58. The summed E-state index contributed by atoms with van der Waals surface area (Å²) >= 11 is 18.8. The zero-order chi connectivity index (χ0) is 29.6. The lowest BCUT2D eigenvalue weighted by molar-refractivity contribution is -0.140. The second-order valence-corrected chi connectivity index (χ2v) is 12.6. The number of sulfonamides is 1. The van der Waals surface area contributed by atoms with Crippen LogP contribution in [0.3, 0.4) is 0 Å². The van der Waals surface area contributed by atoms with Crippen molar-refractivity contribution in [2.24, 2.45) is 0 Å². The van der Waals surface area contributed by atoms with Gasteiger partial charge in [-0.05, 0) is 49.7 Å². The largest absolute Gasteiger partial charge is 0.352 e. The van der Waals surface area contributed by atoms with Crippen LogP contribution in [0.25, 0.3) is 0 Å². The normalized spacial score (nSPS) is 12.2. The number of nitrogens with one attached hydrogen (secondary N) is 1. The molecule has 0 fully saturated rings. The Hall–Kier alpha value is -2.85. The van der Waals surface area contributed by atoms with Crippen LogP contribution in [0.1, 0.15) is 25.0 Å². The predicted molar refractivity (Wildman–Crippen MR) is 158 cm³/mol. The summed E-state index contributed by atoms with van der Waals surface area (Å²) in [6.45, 7) is 2.71. The third-order valence-electron chi connectivity index (χ3n) is 5.96. The third-order valence-corrected chi connectivity index (χ3v) is 8.10. The second kappa shape index (κ2) is 13.7. The molecular formula is C28H29Cl3FN3O4S. The van der Waals surface area contributed by atoms with E-state index in [9.17, 15) is 22.4 Å². The Balaban J connectivity index is 2.11. The van der Waals surface area contributed by atoms with Gasteiger partial charge in [-0.1, -0.05) is 71.2 Å². The van der Waals surface area contributed by atoms with Crippen molar-refractivity contribution in [1.82, 2.24) is 10.2 Å². The van der Waals surface area contributed by atoms with Gasteiger partial charge in [0.05, 0.1) is 17.0 Å². The highest BCUT2D eigenvalue weighted by molar-refractivity contribution is 7.92. The summed E-state index contributed by atoms with van der Waals surface area (Å²) < 4.78 is 40.2. The maximum absolute atomic E-state index is 14.0. The molecule has 0 heterocycles. The maximum atomic E-state index is 14.0. The Morgan fingerprint density at radius 3 is 2.10 bits per heavy atom. The van der Waals surface area contributed by atoms with Crippen molar-refractivity contribution in [2.45, 2.75) is 38.9 Å². The van der Waals surface area contributed by atoms with Crippen LogP contribution < -0.4 is 9.62 Å². The predicted octanol–water partition coefficient (Wildman–Crippen LogP) is 5.72. The van der Waals surface area contributed by atoms with Gasteiger partial charge >= 0.3 is 0 Å². The highest BCUT2D eigenvalue weighted by Gasteiger charge is 2.34. The van der Waals surface area contributed by atoms with Gasteiger partial charge in [-0.3, -0.25) is 13.9 Å². The molecule has 0 radical (unpaired) electrons. The van der Waals surface area contributed by atoms with Crippen LogP contribution in [0.4, 0.5) is 10.1 Å². The maximum Gasteiger partial charge on any atom is 0.244 e. The fraction of sp³-hybridized carbons (Fsp3) is 0.286. The molecule has 40 heavy (non-hydrogen) atoms. The molecule has 0 aromatic heterocycles. The quantitative estimate of drug-likeness (QED) is 0.295. The summed E-state index contributed by atoms with van der Waals surface area (Å²) in [4.78, 5) is 28.8. The molecule has 0 aliphatic rings. The lowest BCUT2D eigenvalue weighted by Gasteiger charge is -2.34. The van der Waals surface area contributed by atoms with Crippen molar-refractivity contribution < 1.29 is 22.4 Å². The van der Waals surface area contributed by atoms with Gasteiger partial charge in [-0.2, -0.15) is 0 Å². The molecule has 0 unspecified atom stereocenters. The number of amides is 2. The number of hydrogen-bond donors (Lipinski definition) is 1. The topological polar surface area (TPSA) is 86.8 Å². The first-order valence-corrected chi connectivity index (χ1v) is 15.3. The van der Waals surface area contributed by atoms with Gasteiger partial charge in [0.1, 0.15) is 18.4 Å². The summed E-state index contributed by atoms with van der Waals surface area (Å²) in [5.74, 6) is -1.89. The SMILES string of the molecule is CC(C)NC(=O)[C@H](Cc1ccccc1)N(Cc1c(Cl)cccc1Cl)C(=O)CN(c1ccc(F)c(Cl)c1)S(C)(=O)=O. The van der Waals surface area contributed by atoms with Crippen LogP contribution in [0.5, 0.6) is 0 Å². The molecule has 0 saturated carbocycles. The van der Waals surface area contributed by atoms with Crippen molar-refractivity contribution in [3.05, 3.63) is 98.7 Å². The van der Waals surface area contributed by atoms with E-state index >= 15 is 0 Å². The summed E-state index contributed by atoms with van der Waals surface area (Å²) in [6, 6.07) is 16.0. The van der Waals surface area contributed by atoms with Crippen LogP contribution in [0.15, 0.2) is 66.7 Å². The molecule has 0 bridgehead atoms. The minimum atomic E-state index is -4.04. The van der Waals surface area contributed by atoms with Gasteiger partial charge in [0, 0.05) is 34.6 Å². The molecule has 1 atom stereocenters. The average molecular weight is 629 g/mol. The van der Waals surface area contributed by atoms with Crippen LogP contribution in [0.2, 0.25) is 15.1 Å². The van der Waals surface area contributed by atoms with Crippen LogP contribution >= 0.6 is 34.8 Å². The molecule has 12 heteroatoms. The summed E-state index contributed by atoms with van der Waals surface area (Å²) in [6.07, 6.45) is 1.05. The van der Waals surface area contributed by atoms with E-state index in [1.54, 1.807) is 32.0 Å². The third kappa shape index (κ3) is 8.33. The average Bonchev–Trinajstić information content (AvgIpc) is 2.87. The van der Waals surface area contributed by atoms with E-state index in [1.165, 1.54) is 11.0 Å². The number of anilines is 1. The molecule has 3 aromatic rings. The molecule has 3 rings (SSSR count).